The van der Waals surface area contributed by atoms with Gasteiger partial charge in [-0.05, 0) is 19.9 Å². The number of aromatic nitrogens is 2. The molecule has 0 aromatic carbocycles. The van der Waals surface area contributed by atoms with E-state index in [1.54, 1.807) is 0 Å². The quantitative estimate of drug-likeness (QED) is 0.814. The van der Waals surface area contributed by atoms with E-state index in [1.807, 2.05) is 16.9 Å². The molecule has 0 amide bonds. The molecule has 1 heterocycles. The Morgan fingerprint density at radius 1 is 1.71 bits per heavy atom. The molecule has 1 N–H and O–H groups in total. The molecule has 0 unspecified atom stereocenters. The highest BCUT2D eigenvalue weighted by Gasteiger charge is 2.01. The molecule has 4 heteroatoms. The van der Waals surface area contributed by atoms with Crippen LogP contribution in [0.15, 0.2) is 23.9 Å². The van der Waals surface area contributed by atoms with Gasteiger partial charge in [0.25, 0.3) is 0 Å². The molecule has 0 saturated heterocycles. The van der Waals surface area contributed by atoms with Gasteiger partial charge >= 0.3 is 0 Å². The van der Waals surface area contributed by atoms with Gasteiger partial charge in [-0.3, -0.25) is 4.68 Å². The molecule has 3 nitrogen and oxygen atoms in total. The summed E-state index contributed by atoms with van der Waals surface area (Å²) in [5.41, 5.74) is 1.02. The maximum Gasteiger partial charge on any atom is 0.0762 e. The zero-order valence-corrected chi connectivity index (χ0v) is 9.38. The first-order valence-corrected chi connectivity index (χ1v) is 5.05. The highest BCUT2D eigenvalue weighted by atomic mass is 35.5. The largest absolute Gasteiger partial charge is 0.306 e. The predicted molar refractivity (Wildman–Crippen MR) is 59.3 cm³/mol. The second-order valence-electron chi connectivity index (χ2n) is 3.50. The van der Waals surface area contributed by atoms with E-state index in [4.69, 9.17) is 11.6 Å². The van der Waals surface area contributed by atoms with Gasteiger partial charge < -0.3 is 5.32 Å². The van der Waals surface area contributed by atoms with Gasteiger partial charge in [-0.1, -0.05) is 18.2 Å². The third-order valence-electron chi connectivity index (χ3n) is 1.82. The van der Waals surface area contributed by atoms with Gasteiger partial charge in [-0.2, -0.15) is 5.10 Å². The van der Waals surface area contributed by atoms with E-state index in [2.05, 4.69) is 30.8 Å². The molecule has 0 atom stereocenters. The van der Waals surface area contributed by atoms with Gasteiger partial charge in [0, 0.05) is 30.4 Å². The molecular weight excluding hydrogens is 198 g/mol. The lowest BCUT2D eigenvalue weighted by Crippen LogP contribution is -2.15. The summed E-state index contributed by atoms with van der Waals surface area (Å²) in [5, 5.41) is 8.15. The maximum absolute atomic E-state index is 5.62. The molecule has 1 rings (SSSR count). The summed E-state index contributed by atoms with van der Waals surface area (Å²) in [4.78, 5) is 0. The second kappa shape index (κ2) is 5.17. The van der Waals surface area contributed by atoms with Crippen molar-refractivity contribution in [3.8, 4) is 0 Å². The monoisotopic (exact) mass is 213 g/mol. The Kier molecular flexibility index (Phi) is 4.17. The lowest BCUT2D eigenvalue weighted by molar-refractivity contribution is 0.523. The molecule has 0 bridgehead atoms. The Morgan fingerprint density at radius 3 is 2.93 bits per heavy atom. The first kappa shape index (κ1) is 11.3. The van der Waals surface area contributed by atoms with Crippen LogP contribution in [0.25, 0.3) is 0 Å². The Bertz CT molecular complexity index is 304. The van der Waals surface area contributed by atoms with Crippen molar-refractivity contribution in [3.63, 3.8) is 0 Å². The van der Waals surface area contributed by atoms with E-state index in [9.17, 15) is 0 Å². The minimum atomic E-state index is 0.409. The minimum Gasteiger partial charge on any atom is -0.306 e. The molecule has 0 fully saturated rings. The number of hydrogen-bond donors (Lipinski definition) is 1. The van der Waals surface area contributed by atoms with E-state index in [-0.39, 0.29) is 0 Å². The van der Waals surface area contributed by atoms with Crippen molar-refractivity contribution < 1.29 is 0 Å². The van der Waals surface area contributed by atoms with Crippen LogP contribution >= 0.6 is 11.6 Å². The summed E-state index contributed by atoms with van der Waals surface area (Å²) in [6.07, 6.45) is 1.98. The van der Waals surface area contributed by atoms with Crippen molar-refractivity contribution >= 4 is 11.6 Å². The zero-order chi connectivity index (χ0) is 10.6. The Hall–Kier alpha value is -0.800. The topological polar surface area (TPSA) is 29.9 Å². The number of rotatable bonds is 5. The molecule has 1 aromatic rings. The van der Waals surface area contributed by atoms with Crippen LogP contribution < -0.4 is 5.32 Å². The molecule has 0 aliphatic rings. The van der Waals surface area contributed by atoms with Gasteiger partial charge in [0.15, 0.2) is 0 Å². The van der Waals surface area contributed by atoms with Crippen molar-refractivity contribution in [3.05, 3.63) is 29.6 Å². The van der Waals surface area contributed by atoms with E-state index in [0.717, 1.165) is 12.2 Å². The van der Waals surface area contributed by atoms with Crippen LogP contribution in [0.3, 0.4) is 0 Å². The summed E-state index contributed by atoms with van der Waals surface area (Å²) in [7, 11) is 0. The Balaban J connectivity index is 2.40. The summed E-state index contributed by atoms with van der Waals surface area (Å²) in [6, 6.07) is 2.41. The Labute approximate surface area is 89.8 Å². The zero-order valence-electron chi connectivity index (χ0n) is 8.63. The first-order chi connectivity index (χ1) is 6.59. The van der Waals surface area contributed by atoms with Crippen molar-refractivity contribution in [1.29, 1.82) is 0 Å². The standard InChI is InChI=1S/C10H16ClN3/c1-8(2)14-5-4-10(13-14)7-12-6-9(3)11/h4-5,8,12H,3,6-7H2,1-2H3. The molecule has 0 saturated carbocycles. The summed E-state index contributed by atoms with van der Waals surface area (Å²) in [5.74, 6) is 0. The van der Waals surface area contributed by atoms with Crippen LogP contribution in [0.5, 0.6) is 0 Å². The van der Waals surface area contributed by atoms with E-state index in [0.29, 0.717) is 17.6 Å². The average molecular weight is 214 g/mol. The van der Waals surface area contributed by atoms with Crippen molar-refractivity contribution in [1.82, 2.24) is 15.1 Å². The third-order valence-corrected chi connectivity index (χ3v) is 1.95. The maximum atomic E-state index is 5.62. The number of halogens is 1. The van der Waals surface area contributed by atoms with Gasteiger partial charge in [-0.15, -0.1) is 0 Å². The van der Waals surface area contributed by atoms with E-state index < -0.39 is 0 Å². The molecule has 14 heavy (non-hydrogen) atoms. The molecule has 0 radical (unpaired) electrons. The van der Waals surface area contributed by atoms with Crippen LogP contribution in [0, 0.1) is 0 Å². The van der Waals surface area contributed by atoms with Gasteiger partial charge in [0.1, 0.15) is 0 Å². The molecular formula is C10H16ClN3. The summed E-state index contributed by atoms with van der Waals surface area (Å²) in [6.45, 7) is 9.15. The van der Waals surface area contributed by atoms with Crippen LogP contribution in [0.1, 0.15) is 25.6 Å². The van der Waals surface area contributed by atoms with Crippen LogP contribution in [-0.4, -0.2) is 16.3 Å². The van der Waals surface area contributed by atoms with Gasteiger partial charge in [-0.25, -0.2) is 0 Å². The van der Waals surface area contributed by atoms with Gasteiger partial charge in [0.05, 0.1) is 5.69 Å². The predicted octanol–water partition coefficient (Wildman–Crippen LogP) is 2.31. The normalized spacial score (nSPS) is 10.9. The molecule has 1 aromatic heterocycles. The first-order valence-electron chi connectivity index (χ1n) is 4.67. The molecule has 0 aliphatic carbocycles. The van der Waals surface area contributed by atoms with Crippen molar-refractivity contribution in [2.75, 3.05) is 6.54 Å². The SMILES string of the molecule is C=C(Cl)CNCc1ccn(C(C)C)n1. The number of nitrogens with zero attached hydrogens (tertiary/aromatic N) is 2. The lowest BCUT2D eigenvalue weighted by Gasteiger charge is -2.04. The van der Waals surface area contributed by atoms with Crippen LogP contribution in [0.2, 0.25) is 0 Å². The van der Waals surface area contributed by atoms with E-state index in [1.165, 1.54) is 0 Å². The molecule has 78 valence electrons. The lowest BCUT2D eigenvalue weighted by atomic mass is 10.4. The fourth-order valence-corrected chi connectivity index (χ4v) is 1.18. The smallest absolute Gasteiger partial charge is 0.0762 e. The highest BCUT2D eigenvalue weighted by Crippen LogP contribution is 2.04. The van der Waals surface area contributed by atoms with Crippen LogP contribution in [0.4, 0.5) is 0 Å². The van der Waals surface area contributed by atoms with Crippen LogP contribution in [-0.2, 0) is 6.54 Å². The molecule has 0 aliphatic heterocycles. The van der Waals surface area contributed by atoms with Crippen molar-refractivity contribution in [2.45, 2.75) is 26.4 Å². The highest BCUT2D eigenvalue weighted by molar-refractivity contribution is 6.29. The summed E-state index contributed by atoms with van der Waals surface area (Å²) >= 11 is 5.62. The number of hydrogen-bond acceptors (Lipinski definition) is 2. The molecule has 0 spiro atoms. The summed E-state index contributed by atoms with van der Waals surface area (Å²) < 4.78 is 1.94. The fraction of sp³-hybridized carbons (Fsp3) is 0.500. The number of nitrogens with one attached hydrogen (secondary N) is 1. The Morgan fingerprint density at radius 2 is 2.43 bits per heavy atom. The third kappa shape index (κ3) is 3.52. The average Bonchev–Trinajstić information content (AvgIpc) is 2.52. The fourth-order valence-electron chi connectivity index (χ4n) is 1.09. The van der Waals surface area contributed by atoms with Gasteiger partial charge in [0.2, 0.25) is 0 Å². The minimum absolute atomic E-state index is 0.409. The van der Waals surface area contributed by atoms with Crippen molar-refractivity contribution in [2.24, 2.45) is 0 Å². The van der Waals surface area contributed by atoms with E-state index >= 15 is 0 Å². The second-order valence-corrected chi connectivity index (χ2v) is 4.04.